The van der Waals surface area contributed by atoms with Gasteiger partial charge in [-0.25, -0.2) is 0 Å². The van der Waals surface area contributed by atoms with Gasteiger partial charge in [0.15, 0.2) is 0 Å². The Morgan fingerprint density at radius 3 is 2.20 bits per heavy atom. The first kappa shape index (κ1) is 27.7. The van der Waals surface area contributed by atoms with Crippen LogP contribution in [-0.4, -0.2) is 19.3 Å². The third-order valence-corrected chi connectivity index (χ3v) is 13.5. The molecule has 46 heavy (non-hydrogen) atoms. The summed E-state index contributed by atoms with van der Waals surface area (Å²) in [4.78, 5) is 0. The Kier molecular flexibility index (Phi) is 5.66. The second-order valence-electron chi connectivity index (χ2n) is 15.9. The van der Waals surface area contributed by atoms with Crippen LogP contribution in [-0.2, 0) is 14.7 Å². The van der Waals surface area contributed by atoms with Crippen molar-refractivity contribution in [2.45, 2.75) is 77.2 Å². The molecule has 4 fully saturated rings. The predicted molar refractivity (Wildman–Crippen MR) is 187 cm³/mol. The number of benzene rings is 4. The highest BCUT2D eigenvalue weighted by Crippen LogP contribution is 2.85. The van der Waals surface area contributed by atoms with Crippen LogP contribution in [0, 0.1) is 29.1 Å². The van der Waals surface area contributed by atoms with Crippen LogP contribution in [0.3, 0.4) is 0 Å². The molecular weight excluding hydrogens is 563 g/mol. The van der Waals surface area contributed by atoms with E-state index in [2.05, 4.69) is 107 Å². The van der Waals surface area contributed by atoms with Gasteiger partial charge < -0.3 is 13.7 Å². The summed E-state index contributed by atoms with van der Waals surface area (Å²) in [6, 6.07) is 29.8. The van der Waals surface area contributed by atoms with Crippen LogP contribution >= 0.6 is 0 Å². The molecule has 3 bridgehead atoms. The monoisotopic (exact) mass is 606 g/mol. The molecule has 1 heterocycles. The number of para-hydroxylation sites is 1. The van der Waals surface area contributed by atoms with E-state index < -0.39 is 0 Å². The average Bonchev–Trinajstić information content (AvgIpc) is 3.73. The first-order valence-corrected chi connectivity index (χ1v) is 17.8. The van der Waals surface area contributed by atoms with E-state index in [9.17, 15) is 0 Å². The molecule has 4 unspecified atom stereocenters. The molecule has 10 rings (SSSR count). The van der Waals surface area contributed by atoms with Gasteiger partial charge in [0.1, 0.15) is 11.2 Å². The lowest BCUT2D eigenvalue weighted by Crippen LogP contribution is -2.62. The van der Waals surface area contributed by atoms with Gasteiger partial charge in [0, 0.05) is 28.4 Å². The summed E-state index contributed by atoms with van der Waals surface area (Å²) in [7, 11) is -0.359. The van der Waals surface area contributed by atoms with Crippen LogP contribution in [0.15, 0.2) is 83.3 Å². The lowest BCUT2D eigenvalue weighted by molar-refractivity contribution is -0.0819. The molecule has 0 aliphatic heterocycles. The Morgan fingerprint density at radius 2 is 1.43 bits per heavy atom. The number of hydrogen-bond donors (Lipinski definition) is 0. The average molecular weight is 607 g/mol. The molecule has 0 N–H and O–H groups in total. The summed E-state index contributed by atoms with van der Waals surface area (Å²) in [5.74, 6) is 3.27. The summed E-state index contributed by atoms with van der Waals surface area (Å²) in [6.07, 6.45) is 8.11. The number of furan rings is 1. The Hall–Kier alpha value is -3.34. The fourth-order valence-corrected chi connectivity index (χ4v) is 11.6. The van der Waals surface area contributed by atoms with Gasteiger partial charge in [0.2, 0.25) is 0 Å². The summed E-state index contributed by atoms with van der Waals surface area (Å²) in [5, 5.41) is 2.38. The fourth-order valence-electron chi connectivity index (χ4n) is 11.6. The predicted octanol–water partition coefficient (Wildman–Crippen LogP) is 9.91. The van der Waals surface area contributed by atoms with Crippen molar-refractivity contribution in [3.05, 3.63) is 90.0 Å². The van der Waals surface area contributed by atoms with Gasteiger partial charge in [0.05, 0.1) is 0 Å². The third-order valence-electron chi connectivity index (χ3n) is 13.5. The largest absolute Gasteiger partial charge is 0.494 e. The Labute approximate surface area is 272 Å². The van der Waals surface area contributed by atoms with Gasteiger partial charge in [-0.1, -0.05) is 61.5 Å². The Balaban J connectivity index is 1.14. The normalized spacial score (nSPS) is 29.8. The Morgan fingerprint density at radius 1 is 0.761 bits per heavy atom. The van der Waals surface area contributed by atoms with Crippen molar-refractivity contribution in [3.8, 4) is 22.3 Å². The number of fused-ring (bicyclic) bond motifs is 12. The minimum atomic E-state index is -0.359. The molecule has 5 aliphatic carbocycles. The molecule has 2 spiro atoms. The van der Waals surface area contributed by atoms with E-state index in [1.165, 1.54) is 70.6 Å². The van der Waals surface area contributed by atoms with Gasteiger partial charge in [0.25, 0.3) is 0 Å². The molecule has 4 saturated carbocycles. The third kappa shape index (κ3) is 3.48. The minimum Gasteiger partial charge on any atom is -0.456 e. The van der Waals surface area contributed by atoms with Crippen molar-refractivity contribution in [3.63, 3.8) is 0 Å². The van der Waals surface area contributed by atoms with Crippen LogP contribution in [0.25, 0.3) is 44.2 Å². The molecule has 3 nitrogen and oxygen atoms in total. The summed E-state index contributed by atoms with van der Waals surface area (Å²) in [5.41, 5.74) is 12.0. The highest BCUT2D eigenvalue weighted by Gasteiger charge is 2.79. The van der Waals surface area contributed by atoms with E-state index in [-0.39, 0.29) is 18.1 Å². The molecule has 5 aromatic rings. The van der Waals surface area contributed by atoms with Crippen molar-refractivity contribution in [2.75, 3.05) is 6.61 Å². The van der Waals surface area contributed by atoms with Crippen LogP contribution in [0.5, 0.6) is 0 Å². The quantitative estimate of drug-likeness (QED) is 0.173. The fraction of sp³-hybridized carbons (Fsp3) is 0.429. The zero-order valence-electron chi connectivity index (χ0n) is 27.6. The van der Waals surface area contributed by atoms with Gasteiger partial charge in [-0.2, -0.15) is 0 Å². The van der Waals surface area contributed by atoms with Crippen molar-refractivity contribution in [1.82, 2.24) is 0 Å². The molecule has 0 radical (unpaired) electrons. The lowest BCUT2D eigenvalue weighted by Gasteiger charge is -2.64. The molecule has 4 aromatic carbocycles. The van der Waals surface area contributed by atoms with Gasteiger partial charge in [-0.3, -0.25) is 0 Å². The van der Waals surface area contributed by atoms with E-state index in [0.717, 1.165) is 41.3 Å². The first-order chi connectivity index (χ1) is 22.3. The molecular formula is C42H43BO3. The molecule has 1 aromatic heterocycles. The number of rotatable bonds is 7. The van der Waals surface area contributed by atoms with Gasteiger partial charge >= 0.3 is 7.12 Å². The van der Waals surface area contributed by atoms with Crippen molar-refractivity contribution in [1.29, 1.82) is 0 Å². The van der Waals surface area contributed by atoms with Crippen molar-refractivity contribution in [2.24, 2.45) is 29.1 Å². The summed E-state index contributed by atoms with van der Waals surface area (Å²) in [6.45, 7) is 9.26. The highest BCUT2D eigenvalue weighted by atomic mass is 16.6. The van der Waals surface area contributed by atoms with Gasteiger partial charge in [-0.05, 0) is 151 Å². The molecule has 4 heteroatoms. The molecule has 0 saturated heterocycles. The molecule has 0 amide bonds. The van der Waals surface area contributed by atoms with E-state index in [0.29, 0.717) is 12.0 Å². The van der Waals surface area contributed by atoms with Crippen LogP contribution < -0.4 is 5.46 Å². The maximum Gasteiger partial charge on any atom is 0.494 e. The van der Waals surface area contributed by atoms with Crippen LogP contribution in [0.4, 0.5) is 0 Å². The van der Waals surface area contributed by atoms with Crippen molar-refractivity contribution < 1.29 is 13.7 Å². The summed E-state index contributed by atoms with van der Waals surface area (Å²) >= 11 is 0. The van der Waals surface area contributed by atoms with Crippen LogP contribution in [0.1, 0.15) is 77.3 Å². The molecule has 4 atom stereocenters. The van der Waals surface area contributed by atoms with E-state index in [1.807, 2.05) is 0 Å². The maximum atomic E-state index is 6.67. The second-order valence-corrected chi connectivity index (χ2v) is 15.9. The first-order valence-electron chi connectivity index (χ1n) is 17.8. The zero-order valence-corrected chi connectivity index (χ0v) is 27.6. The standard InChI is InChI=1S/C42H43BO3/c1-5-40(3,4)46-43(44-6-2)29-13-16-31-30-14-11-27(28-12-15-33-32-9-7-8-10-36(32)45-37(33)21-28)20-34(30)42(35(31)22-29)38-18-25-17-26-19-39(42)41(38,23-25)24-26/h7-16,20-22,25-26,38-39H,5-6,17-19,23-24H2,1-4H3. The topological polar surface area (TPSA) is 31.6 Å². The van der Waals surface area contributed by atoms with E-state index >= 15 is 0 Å². The number of hydrogen-bond acceptors (Lipinski definition) is 3. The Bertz CT molecular complexity index is 2030. The molecule has 5 aliphatic rings. The lowest BCUT2D eigenvalue weighted by atomic mass is 9.38. The molecule has 232 valence electrons. The summed E-state index contributed by atoms with van der Waals surface area (Å²) < 4.78 is 19.3. The maximum absolute atomic E-state index is 6.67. The SMILES string of the molecule is CCOB(OC(C)(C)CC)c1ccc2c(c1)C1(c3cc(-c4ccc5c(c4)oc4ccccc45)ccc3-2)C2CC3CC4CC1C2(C3)C4. The smallest absolute Gasteiger partial charge is 0.456 e. The zero-order chi connectivity index (χ0) is 31.0. The van der Waals surface area contributed by atoms with Gasteiger partial charge in [-0.15, -0.1) is 0 Å². The second kappa shape index (κ2) is 9.39. The highest BCUT2D eigenvalue weighted by molar-refractivity contribution is 6.61. The van der Waals surface area contributed by atoms with E-state index in [1.54, 1.807) is 11.1 Å². The van der Waals surface area contributed by atoms with E-state index in [4.69, 9.17) is 13.7 Å². The van der Waals surface area contributed by atoms with Crippen LogP contribution in [0.2, 0.25) is 0 Å². The van der Waals surface area contributed by atoms with Crippen molar-refractivity contribution >= 4 is 34.5 Å². The minimum absolute atomic E-state index is 0.0844.